The van der Waals surface area contributed by atoms with Gasteiger partial charge in [0.15, 0.2) is 0 Å². The molecule has 5 rings (SSSR count). The van der Waals surface area contributed by atoms with E-state index in [9.17, 15) is 14.4 Å². The van der Waals surface area contributed by atoms with Gasteiger partial charge in [-0.1, -0.05) is 25.5 Å². The molecule has 0 radical (unpaired) electrons. The number of rotatable bonds is 2. The Balaban J connectivity index is 1.42. The summed E-state index contributed by atoms with van der Waals surface area (Å²) in [5, 5.41) is 0. The van der Waals surface area contributed by atoms with Crippen molar-refractivity contribution in [3.8, 4) is 0 Å². The van der Waals surface area contributed by atoms with Gasteiger partial charge < -0.3 is 4.74 Å². The number of hydrogen-bond donors (Lipinski definition) is 0. The van der Waals surface area contributed by atoms with E-state index < -0.39 is 0 Å². The van der Waals surface area contributed by atoms with E-state index in [0.717, 1.165) is 50.6 Å². The second-order valence-electron chi connectivity index (χ2n) is 11.4. The lowest BCUT2D eigenvalue weighted by molar-refractivity contribution is -0.148. The fourth-order valence-electron chi connectivity index (χ4n) is 8.46. The third-order valence-electron chi connectivity index (χ3n) is 10.00. The predicted octanol–water partition coefficient (Wildman–Crippen LogP) is 5.30. The molecule has 1 heterocycles. The van der Waals surface area contributed by atoms with Crippen molar-refractivity contribution >= 4 is 17.8 Å². The highest BCUT2D eigenvalue weighted by Crippen LogP contribution is 2.66. The molecule has 3 saturated carbocycles. The fraction of sp³-hybridized carbons (Fsp3) is 0.741. The number of carbonyl (C=O) groups is 3. The maximum atomic E-state index is 12.4. The molecule has 4 aliphatic carbocycles. The summed E-state index contributed by atoms with van der Waals surface area (Å²) < 4.78 is 5.57. The standard InChI is InChI=1S/C27H37NO4/c1-16(28-24(30)9-10-25(28)31)21-7-8-22-20-6-5-18-15-19(32-17(2)29)11-13-26(18,3)23(20)12-14-27(21,22)4/h5,19-20,22-23H,6-15H2,1-4H3. The van der Waals surface area contributed by atoms with Gasteiger partial charge in [-0.3, -0.25) is 19.3 Å². The number of likely N-dealkylation sites (tertiary alicyclic amines) is 1. The summed E-state index contributed by atoms with van der Waals surface area (Å²) in [7, 11) is 0. The first kappa shape index (κ1) is 21.9. The van der Waals surface area contributed by atoms with Crippen molar-refractivity contribution in [3.05, 3.63) is 22.9 Å². The molecule has 0 aromatic carbocycles. The Morgan fingerprint density at radius 1 is 0.969 bits per heavy atom. The van der Waals surface area contributed by atoms with Crippen molar-refractivity contribution in [2.75, 3.05) is 0 Å². The molecule has 5 nitrogen and oxygen atoms in total. The Morgan fingerprint density at radius 3 is 2.31 bits per heavy atom. The number of nitrogens with zero attached hydrogens (tertiary/aromatic N) is 1. The van der Waals surface area contributed by atoms with E-state index in [0.29, 0.717) is 30.6 Å². The van der Waals surface area contributed by atoms with Crippen molar-refractivity contribution in [2.24, 2.45) is 28.6 Å². The van der Waals surface area contributed by atoms with Gasteiger partial charge in [0.05, 0.1) is 0 Å². The second-order valence-corrected chi connectivity index (χ2v) is 11.4. The minimum absolute atomic E-state index is 0.0250. The molecule has 174 valence electrons. The van der Waals surface area contributed by atoms with Gasteiger partial charge in [-0.05, 0) is 86.0 Å². The van der Waals surface area contributed by atoms with Crippen LogP contribution in [0.5, 0.6) is 0 Å². The Bertz CT molecular complexity index is 916. The molecule has 5 heteroatoms. The summed E-state index contributed by atoms with van der Waals surface area (Å²) in [6.07, 6.45) is 11.8. The van der Waals surface area contributed by atoms with E-state index in [1.54, 1.807) is 0 Å². The Morgan fingerprint density at radius 2 is 1.62 bits per heavy atom. The smallest absolute Gasteiger partial charge is 0.302 e. The lowest BCUT2D eigenvalue weighted by Crippen LogP contribution is -2.50. The number of hydrogen-bond acceptors (Lipinski definition) is 4. The van der Waals surface area contributed by atoms with E-state index in [4.69, 9.17) is 4.74 Å². The first-order valence-electron chi connectivity index (χ1n) is 12.6. The van der Waals surface area contributed by atoms with Gasteiger partial charge in [-0.2, -0.15) is 0 Å². The highest BCUT2D eigenvalue weighted by molar-refractivity contribution is 6.03. The second kappa shape index (κ2) is 7.56. The van der Waals surface area contributed by atoms with Crippen LogP contribution in [0.3, 0.4) is 0 Å². The van der Waals surface area contributed by atoms with E-state index in [1.807, 2.05) is 6.92 Å². The minimum atomic E-state index is -0.170. The molecule has 0 aromatic heterocycles. The third kappa shape index (κ3) is 3.13. The van der Waals surface area contributed by atoms with E-state index >= 15 is 0 Å². The van der Waals surface area contributed by atoms with Crippen LogP contribution in [0.15, 0.2) is 22.9 Å². The summed E-state index contributed by atoms with van der Waals surface area (Å²) >= 11 is 0. The number of ether oxygens (including phenoxy) is 1. The quantitative estimate of drug-likeness (QED) is 0.333. The number of allylic oxidation sites excluding steroid dienone is 3. The number of esters is 1. The normalized spacial score (nSPS) is 42.8. The summed E-state index contributed by atoms with van der Waals surface area (Å²) in [4.78, 5) is 37.8. The van der Waals surface area contributed by atoms with Crippen LogP contribution in [0.2, 0.25) is 0 Å². The molecule has 1 saturated heterocycles. The van der Waals surface area contributed by atoms with Crippen LogP contribution in [0.1, 0.15) is 91.9 Å². The summed E-state index contributed by atoms with van der Waals surface area (Å²) in [6.45, 7) is 8.38. The van der Waals surface area contributed by atoms with Gasteiger partial charge in [0.2, 0.25) is 11.8 Å². The third-order valence-corrected chi connectivity index (χ3v) is 10.00. The van der Waals surface area contributed by atoms with Crippen LogP contribution in [0.25, 0.3) is 0 Å². The average Bonchev–Trinajstić information content (AvgIpc) is 3.26. The van der Waals surface area contributed by atoms with Gasteiger partial charge in [-0.25, -0.2) is 0 Å². The number of amides is 2. The molecule has 6 unspecified atom stereocenters. The zero-order valence-corrected chi connectivity index (χ0v) is 20.0. The predicted molar refractivity (Wildman–Crippen MR) is 121 cm³/mol. The first-order chi connectivity index (χ1) is 15.1. The van der Waals surface area contributed by atoms with Crippen LogP contribution in [0, 0.1) is 28.6 Å². The Labute approximate surface area is 191 Å². The highest BCUT2D eigenvalue weighted by atomic mass is 16.5. The molecule has 4 fully saturated rings. The topological polar surface area (TPSA) is 63.7 Å². The number of carbonyl (C=O) groups excluding carboxylic acids is 3. The molecule has 0 aromatic rings. The van der Waals surface area contributed by atoms with Crippen molar-refractivity contribution in [2.45, 2.75) is 98.0 Å². The van der Waals surface area contributed by atoms with Gasteiger partial charge in [0, 0.05) is 31.9 Å². The van der Waals surface area contributed by atoms with Gasteiger partial charge >= 0.3 is 5.97 Å². The number of fused-ring (bicyclic) bond motifs is 5. The number of imide groups is 1. The molecular formula is C27H37NO4. The molecule has 2 amide bonds. The lowest BCUT2D eigenvalue weighted by Gasteiger charge is -2.57. The molecule has 5 aliphatic rings. The lowest BCUT2D eigenvalue weighted by atomic mass is 9.48. The molecule has 32 heavy (non-hydrogen) atoms. The summed E-state index contributed by atoms with van der Waals surface area (Å²) in [5.41, 5.74) is 4.11. The minimum Gasteiger partial charge on any atom is -0.462 e. The Kier molecular flexibility index (Phi) is 5.18. The fourth-order valence-corrected chi connectivity index (χ4v) is 8.46. The molecule has 6 atom stereocenters. The highest BCUT2D eigenvalue weighted by Gasteiger charge is 2.58. The zero-order valence-electron chi connectivity index (χ0n) is 20.0. The molecular weight excluding hydrogens is 402 g/mol. The summed E-state index contributed by atoms with van der Waals surface area (Å²) in [6, 6.07) is 0. The van der Waals surface area contributed by atoms with Crippen LogP contribution in [-0.4, -0.2) is 28.8 Å². The maximum Gasteiger partial charge on any atom is 0.302 e. The van der Waals surface area contributed by atoms with E-state index in [-0.39, 0.29) is 34.7 Å². The van der Waals surface area contributed by atoms with Gasteiger partial charge in [-0.15, -0.1) is 0 Å². The first-order valence-corrected chi connectivity index (χ1v) is 12.6. The molecule has 1 aliphatic heterocycles. The van der Waals surface area contributed by atoms with E-state index in [1.165, 1.54) is 29.4 Å². The van der Waals surface area contributed by atoms with Gasteiger partial charge in [0.25, 0.3) is 0 Å². The van der Waals surface area contributed by atoms with Crippen LogP contribution >= 0.6 is 0 Å². The van der Waals surface area contributed by atoms with Crippen LogP contribution < -0.4 is 0 Å². The maximum absolute atomic E-state index is 12.4. The van der Waals surface area contributed by atoms with Crippen molar-refractivity contribution in [1.29, 1.82) is 0 Å². The van der Waals surface area contributed by atoms with Gasteiger partial charge in [0.1, 0.15) is 6.10 Å². The SMILES string of the molecule is CC(=O)OC1CCC2(C)C(=CCC3C2CCC2(C)C(=C(C)N4C(=O)CCC4=O)CCC32)C1. The zero-order chi connectivity index (χ0) is 22.8. The largest absolute Gasteiger partial charge is 0.462 e. The van der Waals surface area contributed by atoms with Crippen molar-refractivity contribution in [1.82, 2.24) is 4.90 Å². The average molecular weight is 440 g/mol. The van der Waals surface area contributed by atoms with Crippen LogP contribution in [0.4, 0.5) is 0 Å². The monoisotopic (exact) mass is 439 g/mol. The summed E-state index contributed by atoms with van der Waals surface area (Å²) in [5.74, 6) is 1.72. The van der Waals surface area contributed by atoms with Crippen molar-refractivity contribution < 1.29 is 19.1 Å². The molecule has 0 N–H and O–H groups in total. The van der Waals surface area contributed by atoms with Crippen molar-refractivity contribution in [3.63, 3.8) is 0 Å². The van der Waals surface area contributed by atoms with Crippen LogP contribution in [-0.2, 0) is 19.1 Å². The molecule has 0 spiro atoms. The molecule has 0 bridgehead atoms. The van der Waals surface area contributed by atoms with E-state index in [2.05, 4.69) is 19.9 Å². The Hall–Kier alpha value is -1.91.